The molecule has 2 N–H and O–H groups in total. The normalized spacial score (nSPS) is 17.3. The summed E-state index contributed by atoms with van der Waals surface area (Å²) in [5, 5.41) is 23.0. The number of benzene rings is 3. The summed E-state index contributed by atoms with van der Waals surface area (Å²) in [5.74, 6) is -3.88. The number of carbonyl (C=O) groups is 7. The number of hydrogen-bond donors (Lipinski definition) is 2. The lowest BCUT2D eigenvalue weighted by Gasteiger charge is -2.28. The van der Waals surface area contributed by atoms with Crippen LogP contribution in [0.2, 0.25) is 0 Å². The number of nitrogens with one attached hydrogen (secondary N) is 1. The average molecular weight is 885 g/mol. The predicted molar refractivity (Wildman–Crippen MR) is 223 cm³/mol. The highest BCUT2D eigenvalue weighted by molar-refractivity contribution is 6.35. The first-order valence-electron chi connectivity index (χ1n) is 18.7. The smallest absolute Gasteiger partial charge is 0.371 e. The molecule has 3 fully saturated rings. The number of hydroxylamine groups is 2. The Morgan fingerprint density at radius 1 is 0.683 bits per heavy atom. The number of ether oxygens (including phenoxy) is 2. The molecule has 3 aliphatic heterocycles. The van der Waals surface area contributed by atoms with Gasteiger partial charge in [0.15, 0.2) is 5.78 Å². The van der Waals surface area contributed by atoms with Crippen LogP contribution in [-0.4, -0.2) is 94.0 Å². The standard InChI is InChI=1S/C15H17NO4.C12H15NO2.C12H14NO2.C3H4O3.2ClH.F2.H/c1-11(17)14(18)16-9-5-8-13(16)15(19)20-10-12-6-3-2-4-7-12;14-12(11-7-4-8-13-11)15-9-10-5-2-1-3-6-10;14-12(11-7-4-8-13(11)15)9-10-5-2-1-3-6-10;1-2(4)3(5)6;;;1-2;/h2-4,6-7,13H,5,8-10H2,1H3;1-3,5-6,11,13H,4,7-9H2;1-3,5-6,11H,4,7-9H2;1H3,(H,5,6);2*1H;;/q;;-1;;;;;-1/t13-;2*11-;;;;;/m000...../s1. The van der Waals surface area contributed by atoms with Crippen molar-refractivity contribution in [2.75, 3.05) is 19.6 Å². The highest BCUT2D eigenvalue weighted by Crippen LogP contribution is 2.20. The van der Waals surface area contributed by atoms with Crippen LogP contribution in [-0.2, 0) is 62.7 Å². The largest absolute Gasteiger partial charge is 1.00 e. The van der Waals surface area contributed by atoms with E-state index in [9.17, 15) is 38.8 Å². The molecule has 0 aromatic heterocycles. The first-order valence-corrected chi connectivity index (χ1v) is 18.7. The fraction of sp³-hybridized carbons (Fsp3) is 0.405. The molecule has 0 unspecified atom stereocenters. The van der Waals surface area contributed by atoms with Gasteiger partial charge in [-0.25, -0.2) is 9.59 Å². The van der Waals surface area contributed by atoms with Gasteiger partial charge < -0.3 is 36.5 Å². The van der Waals surface area contributed by atoms with Crippen molar-refractivity contribution in [3.05, 3.63) is 113 Å². The summed E-state index contributed by atoms with van der Waals surface area (Å²) < 4.78 is 26.4. The number of amides is 1. The Morgan fingerprint density at radius 2 is 1.13 bits per heavy atom. The van der Waals surface area contributed by atoms with Crippen molar-refractivity contribution in [1.82, 2.24) is 15.3 Å². The van der Waals surface area contributed by atoms with Gasteiger partial charge in [-0.3, -0.25) is 24.0 Å². The molecule has 3 heterocycles. The molecule has 60 heavy (non-hydrogen) atoms. The summed E-state index contributed by atoms with van der Waals surface area (Å²) in [6, 6.07) is 27.5. The highest BCUT2D eigenvalue weighted by atomic mass is 35.5. The van der Waals surface area contributed by atoms with E-state index in [-0.39, 0.29) is 50.6 Å². The molecule has 332 valence electrons. The number of Topliss-reactive ketones (excluding diaryl/α,β-unsaturated/α-hetero) is 3. The number of rotatable bonds is 11. The maximum Gasteiger partial charge on any atom is 0.371 e. The van der Waals surface area contributed by atoms with E-state index in [1.54, 1.807) is 0 Å². The minimum absolute atomic E-state index is 0. The summed E-state index contributed by atoms with van der Waals surface area (Å²) in [6.45, 7) is 4.63. The van der Waals surface area contributed by atoms with Gasteiger partial charge in [-0.1, -0.05) is 91.0 Å². The Kier molecular flexibility index (Phi) is 28.2. The molecule has 3 atom stereocenters. The summed E-state index contributed by atoms with van der Waals surface area (Å²) in [4.78, 5) is 78.4. The second kappa shape index (κ2) is 30.8. The number of halogens is 4. The van der Waals surface area contributed by atoms with Crippen LogP contribution in [0.5, 0.6) is 0 Å². The lowest BCUT2D eigenvalue weighted by atomic mass is 10.0. The molecule has 14 nitrogen and oxygen atoms in total. The number of ketones is 3. The molecule has 18 heteroatoms. The number of esters is 2. The van der Waals surface area contributed by atoms with Gasteiger partial charge in [0.1, 0.15) is 25.3 Å². The summed E-state index contributed by atoms with van der Waals surface area (Å²) in [5.41, 5.74) is 2.91. The van der Waals surface area contributed by atoms with Gasteiger partial charge in [-0.15, -0.1) is 24.8 Å². The number of aliphatic carboxylic acids is 1. The fourth-order valence-corrected chi connectivity index (χ4v) is 5.97. The molecule has 0 bridgehead atoms. The molecule has 3 aromatic rings. The fourth-order valence-electron chi connectivity index (χ4n) is 5.97. The second-order valence-electron chi connectivity index (χ2n) is 13.3. The van der Waals surface area contributed by atoms with Crippen molar-refractivity contribution in [3.8, 4) is 0 Å². The first kappa shape index (κ1) is 54.9. The highest BCUT2D eigenvalue weighted by Gasteiger charge is 2.36. The topological polar surface area (TPSA) is 200 Å². The van der Waals surface area contributed by atoms with Crippen molar-refractivity contribution in [2.45, 2.75) is 90.1 Å². The molecular weight excluding hydrogens is 831 g/mol. The third-order valence-corrected chi connectivity index (χ3v) is 8.98. The zero-order chi connectivity index (χ0) is 42.9. The van der Waals surface area contributed by atoms with E-state index in [0.29, 0.717) is 39.0 Å². The minimum atomic E-state index is -1.38. The summed E-state index contributed by atoms with van der Waals surface area (Å²) in [7, 11) is 0. The quantitative estimate of drug-likeness (QED) is 0.168. The van der Waals surface area contributed by atoms with Crippen LogP contribution in [0, 0.1) is 5.21 Å². The molecule has 1 amide bonds. The summed E-state index contributed by atoms with van der Waals surface area (Å²) >= 11 is 0. The van der Waals surface area contributed by atoms with E-state index in [4.69, 9.17) is 23.7 Å². The van der Waals surface area contributed by atoms with Crippen LogP contribution in [0.1, 0.15) is 70.5 Å². The maximum absolute atomic E-state index is 12.0. The predicted octanol–water partition coefficient (Wildman–Crippen LogP) is 6.01. The van der Waals surface area contributed by atoms with E-state index in [1.165, 1.54) is 11.8 Å². The number of nitrogens with zero attached hydrogens (tertiary/aromatic N) is 2. The Balaban J connectivity index is 0. The van der Waals surface area contributed by atoms with E-state index in [0.717, 1.165) is 60.9 Å². The van der Waals surface area contributed by atoms with Crippen LogP contribution in [0.25, 0.3) is 0 Å². The van der Waals surface area contributed by atoms with E-state index >= 15 is 0 Å². The zero-order valence-corrected chi connectivity index (χ0v) is 35.0. The van der Waals surface area contributed by atoms with Gasteiger partial charge in [0, 0.05) is 36.0 Å². The number of carboxylic acids is 1. The Bertz CT molecular complexity index is 1750. The van der Waals surface area contributed by atoms with Crippen molar-refractivity contribution in [3.63, 3.8) is 0 Å². The monoisotopic (exact) mass is 883 g/mol. The maximum atomic E-state index is 12.0. The number of hydrogen-bond acceptors (Lipinski definition) is 12. The third kappa shape index (κ3) is 20.2. The van der Waals surface area contributed by atoms with Gasteiger partial charge in [-0.2, -0.15) is 0 Å². The van der Waals surface area contributed by atoms with E-state index < -0.39 is 41.5 Å². The van der Waals surface area contributed by atoms with Gasteiger partial charge in [-0.05, 0) is 68.3 Å². The van der Waals surface area contributed by atoms with Crippen LogP contribution in [0.4, 0.5) is 9.15 Å². The minimum Gasteiger partial charge on any atom is -1.00 e. The molecule has 0 saturated carbocycles. The lowest BCUT2D eigenvalue weighted by Crippen LogP contribution is -2.43. The Labute approximate surface area is 361 Å². The van der Waals surface area contributed by atoms with Crippen LogP contribution >= 0.6 is 24.8 Å². The van der Waals surface area contributed by atoms with E-state index in [2.05, 4.69) is 5.32 Å². The molecule has 3 aromatic carbocycles. The van der Waals surface area contributed by atoms with Gasteiger partial charge >= 0.3 is 17.9 Å². The summed E-state index contributed by atoms with van der Waals surface area (Å²) in [6.07, 6.45) is 5.16. The molecule has 3 aliphatic rings. The second-order valence-corrected chi connectivity index (χ2v) is 13.3. The van der Waals surface area contributed by atoms with E-state index in [1.807, 2.05) is 91.0 Å². The average Bonchev–Trinajstić information content (AvgIpc) is 4.05. The molecular formula is C42H53Cl2F2N3O11-2. The van der Waals surface area contributed by atoms with Gasteiger partial charge in [0.05, 0.1) is 6.04 Å². The number of carbonyl (C=O) groups excluding carboxylic acids is 6. The SMILES string of the molecule is CC(=O)C(=O)N1CCC[C@H]1C(=O)OCc1ccccc1.CC(=O)C(=O)O.Cl.Cl.FF.O=C(Cc1ccccc1)[C@@H]1CCCN1[O-].O=C(OCc1ccccc1)[C@@H]1CCCN1.[H-]. The van der Waals surface area contributed by atoms with Gasteiger partial charge in [0.2, 0.25) is 11.6 Å². The zero-order valence-electron chi connectivity index (χ0n) is 34.4. The van der Waals surface area contributed by atoms with Crippen molar-refractivity contribution in [2.24, 2.45) is 0 Å². The van der Waals surface area contributed by atoms with Crippen molar-refractivity contribution >= 4 is 66.0 Å². The molecule has 0 aliphatic carbocycles. The Hall–Kier alpha value is -5.13. The molecule has 0 radical (unpaired) electrons. The third-order valence-electron chi connectivity index (χ3n) is 8.98. The number of likely N-dealkylation sites (tertiary alicyclic amines) is 1. The van der Waals surface area contributed by atoms with Crippen LogP contribution < -0.4 is 5.32 Å². The van der Waals surface area contributed by atoms with Crippen molar-refractivity contribution in [1.29, 1.82) is 0 Å². The molecule has 3 saturated heterocycles. The number of carboxylic acid groups (broad SMARTS) is 1. The van der Waals surface area contributed by atoms with Crippen LogP contribution in [0.3, 0.4) is 0 Å². The van der Waals surface area contributed by atoms with Crippen molar-refractivity contribution < 1.29 is 58.7 Å². The lowest BCUT2D eigenvalue weighted by molar-refractivity contribution is -0.156. The van der Waals surface area contributed by atoms with Gasteiger partial charge in [0.25, 0.3) is 5.91 Å². The van der Waals surface area contributed by atoms with Crippen LogP contribution in [0.15, 0.2) is 91.0 Å². The molecule has 0 spiro atoms. The first-order chi connectivity index (χ1) is 27.9. The Morgan fingerprint density at radius 3 is 1.55 bits per heavy atom. The molecule has 6 rings (SSSR count).